The third kappa shape index (κ3) is 3.66. The molecule has 1 heterocycles. The molecule has 0 spiro atoms. The first-order valence-corrected chi connectivity index (χ1v) is 7.10. The van der Waals surface area contributed by atoms with Crippen molar-refractivity contribution < 1.29 is 4.79 Å². The molecule has 2 aromatic rings. The van der Waals surface area contributed by atoms with Crippen LogP contribution >= 0.6 is 0 Å². The molecule has 0 atom stereocenters. The minimum atomic E-state index is -0.348. The molecule has 0 aliphatic carbocycles. The van der Waals surface area contributed by atoms with Crippen LogP contribution in [-0.2, 0) is 0 Å². The van der Waals surface area contributed by atoms with Crippen molar-refractivity contribution in [1.82, 2.24) is 20.1 Å². The zero-order valence-corrected chi connectivity index (χ0v) is 12.4. The number of benzene rings is 1. The fraction of sp³-hybridized carbons (Fsp3) is 0.400. The molecule has 0 saturated heterocycles. The Hall–Kier alpha value is -2.21. The van der Waals surface area contributed by atoms with Gasteiger partial charge in [-0.25, -0.2) is 9.67 Å². The molecule has 0 bridgehead atoms. The van der Waals surface area contributed by atoms with Crippen LogP contribution in [0.5, 0.6) is 0 Å². The van der Waals surface area contributed by atoms with E-state index in [1.807, 2.05) is 26.0 Å². The smallest absolute Gasteiger partial charge is 0.251 e. The SMILES string of the molecule is CCC(N)(CC)CNC(=O)c1cccc(-n2cncn2)c1. The molecule has 2 rings (SSSR count). The number of nitrogens with one attached hydrogen (secondary N) is 1. The van der Waals surface area contributed by atoms with Gasteiger partial charge in [-0.05, 0) is 31.0 Å². The van der Waals surface area contributed by atoms with E-state index >= 15 is 0 Å². The molecule has 112 valence electrons. The van der Waals surface area contributed by atoms with Gasteiger partial charge in [-0.15, -0.1) is 0 Å². The second-order valence-corrected chi connectivity index (χ2v) is 5.14. The van der Waals surface area contributed by atoms with E-state index in [1.165, 1.54) is 6.33 Å². The van der Waals surface area contributed by atoms with Crippen molar-refractivity contribution in [3.63, 3.8) is 0 Å². The lowest BCUT2D eigenvalue weighted by Gasteiger charge is -2.26. The van der Waals surface area contributed by atoms with E-state index in [0.717, 1.165) is 18.5 Å². The van der Waals surface area contributed by atoms with Crippen molar-refractivity contribution in [2.75, 3.05) is 6.54 Å². The average molecular weight is 287 g/mol. The standard InChI is InChI=1S/C15H21N5O/c1-3-15(16,4-2)9-18-14(21)12-6-5-7-13(8-12)20-11-17-10-19-20/h5-8,10-11H,3-4,9,16H2,1-2H3,(H,18,21). The van der Waals surface area contributed by atoms with Gasteiger partial charge in [0.05, 0.1) is 5.69 Å². The molecule has 6 heteroatoms. The van der Waals surface area contributed by atoms with E-state index in [-0.39, 0.29) is 11.4 Å². The molecule has 3 N–H and O–H groups in total. The summed E-state index contributed by atoms with van der Waals surface area (Å²) in [6.07, 6.45) is 4.69. The zero-order chi connectivity index (χ0) is 15.3. The summed E-state index contributed by atoms with van der Waals surface area (Å²) in [4.78, 5) is 16.1. The zero-order valence-electron chi connectivity index (χ0n) is 12.4. The number of nitrogens with zero attached hydrogens (tertiary/aromatic N) is 3. The minimum absolute atomic E-state index is 0.131. The average Bonchev–Trinajstić information content (AvgIpc) is 3.07. The van der Waals surface area contributed by atoms with Crippen LogP contribution in [-0.4, -0.2) is 32.8 Å². The van der Waals surface area contributed by atoms with Gasteiger partial charge in [0.1, 0.15) is 12.7 Å². The van der Waals surface area contributed by atoms with Crippen LogP contribution in [0.1, 0.15) is 37.0 Å². The lowest BCUT2D eigenvalue weighted by molar-refractivity contribution is 0.0942. The van der Waals surface area contributed by atoms with Crippen LogP contribution in [0, 0.1) is 0 Å². The van der Waals surface area contributed by atoms with Crippen molar-refractivity contribution in [3.05, 3.63) is 42.5 Å². The Balaban J connectivity index is 2.08. The number of hydrogen-bond acceptors (Lipinski definition) is 4. The van der Waals surface area contributed by atoms with Gasteiger partial charge in [-0.3, -0.25) is 4.79 Å². The van der Waals surface area contributed by atoms with Crippen LogP contribution < -0.4 is 11.1 Å². The highest BCUT2D eigenvalue weighted by molar-refractivity contribution is 5.94. The maximum atomic E-state index is 12.2. The summed E-state index contributed by atoms with van der Waals surface area (Å²) in [5, 5.41) is 6.96. The lowest BCUT2D eigenvalue weighted by Crippen LogP contribution is -2.49. The molecule has 1 aromatic carbocycles. The Kier molecular flexibility index (Phi) is 4.70. The molecule has 1 amide bonds. The fourth-order valence-corrected chi connectivity index (χ4v) is 1.99. The first-order chi connectivity index (χ1) is 10.1. The first kappa shape index (κ1) is 15.2. The maximum Gasteiger partial charge on any atom is 0.251 e. The second kappa shape index (κ2) is 6.49. The van der Waals surface area contributed by atoms with E-state index in [1.54, 1.807) is 23.1 Å². The monoisotopic (exact) mass is 287 g/mol. The molecular formula is C15H21N5O. The van der Waals surface area contributed by atoms with Gasteiger partial charge in [0.2, 0.25) is 0 Å². The lowest BCUT2D eigenvalue weighted by atomic mass is 9.94. The number of amides is 1. The number of rotatable bonds is 6. The van der Waals surface area contributed by atoms with E-state index in [0.29, 0.717) is 12.1 Å². The van der Waals surface area contributed by atoms with Crippen LogP contribution in [0.2, 0.25) is 0 Å². The van der Waals surface area contributed by atoms with Gasteiger partial charge in [0, 0.05) is 17.6 Å². The molecular weight excluding hydrogens is 266 g/mol. The summed E-state index contributed by atoms with van der Waals surface area (Å²) in [6.45, 7) is 4.52. The van der Waals surface area contributed by atoms with E-state index in [9.17, 15) is 4.79 Å². The quantitative estimate of drug-likeness (QED) is 0.843. The number of nitrogens with two attached hydrogens (primary N) is 1. The molecule has 0 saturated carbocycles. The molecule has 0 unspecified atom stereocenters. The Morgan fingerprint density at radius 2 is 2.14 bits per heavy atom. The molecule has 0 aliphatic rings. The summed E-state index contributed by atoms with van der Waals surface area (Å²) < 4.78 is 1.61. The molecule has 1 aromatic heterocycles. The van der Waals surface area contributed by atoms with Crippen molar-refractivity contribution in [3.8, 4) is 5.69 Å². The van der Waals surface area contributed by atoms with Gasteiger partial charge in [0.15, 0.2) is 0 Å². The second-order valence-electron chi connectivity index (χ2n) is 5.14. The molecule has 0 radical (unpaired) electrons. The van der Waals surface area contributed by atoms with E-state index < -0.39 is 0 Å². The summed E-state index contributed by atoms with van der Waals surface area (Å²) in [7, 11) is 0. The number of carbonyl (C=O) groups excluding carboxylic acids is 1. The topological polar surface area (TPSA) is 85.8 Å². The molecule has 6 nitrogen and oxygen atoms in total. The van der Waals surface area contributed by atoms with Crippen LogP contribution in [0.25, 0.3) is 5.69 Å². The summed E-state index contributed by atoms with van der Waals surface area (Å²) >= 11 is 0. The highest BCUT2D eigenvalue weighted by Crippen LogP contribution is 2.12. The summed E-state index contributed by atoms with van der Waals surface area (Å²) in [5.74, 6) is -0.131. The highest BCUT2D eigenvalue weighted by atomic mass is 16.1. The predicted octanol–water partition coefficient (Wildman–Crippen LogP) is 1.51. The Bertz CT molecular complexity index is 590. The summed E-state index contributed by atoms with van der Waals surface area (Å²) in [5.41, 5.74) is 7.22. The molecule has 0 fully saturated rings. The predicted molar refractivity (Wildman–Crippen MR) is 81.2 cm³/mol. The van der Waals surface area contributed by atoms with Crippen molar-refractivity contribution >= 4 is 5.91 Å². The van der Waals surface area contributed by atoms with Gasteiger partial charge in [0.25, 0.3) is 5.91 Å². The van der Waals surface area contributed by atoms with Gasteiger partial charge >= 0.3 is 0 Å². The third-order valence-electron chi connectivity index (χ3n) is 3.80. The van der Waals surface area contributed by atoms with E-state index in [4.69, 9.17) is 5.73 Å². The molecule has 0 aliphatic heterocycles. The van der Waals surface area contributed by atoms with E-state index in [2.05, 4.69) is 15.4 Å². The van der Waals surface area contributed by atoms with Gasteiger partial charge in [-0.1, -0.05) is 19.9 Å². The van der Waals surface area contributed by atoms with Crippen molar-refractivity contribution in [2.45, 2.75) is 32.2 Å². The largest absolute Gasteiger partial charge is 0.350 e. The van der Waals surface area contributed by atoms with Gasteiger partial charge < -0.3 is 11.1 Å². The fourth-order valence-electron chi connectivity index (χ4n) is 1.99. The number of carbonyl (C=O) groups is 1. The third-order valence-corrected chi connectivity index (χ3v) is 3.80. The van der Waals surface area contributed by atoms with Crippen LogP contribution in [0.15, 0.2) is 36.9 Å². The minimum Gasteiger partial charge on any atom is -0.350 e. The van der Waals surface area contributed by atoms with Crippen LogP contribution in [0.3, 0.4) is 0 Å². The molecule has 21 heavy (non-hydrogen) atoms. The highest BCUT2D eigenvalue weighted by Gasteiger charge is 2.21. The Morgan fingerprint density at radius 1 is 1.38 bits per heavy atom. The van der Waals surface area contributed by atoms with Gasteiger partial charge in [-0.2, -0.15) is 5.10 Å². The maximum absolute atomic E-state index is 12.2. The summed E-state index contributed by atoms with van der Waals surface area (Å²) in [6, 6.07) is 7.24. The van der Waals surface area contributed by atoms with Crippen molar-refractivity contribution in [2.24, 2.45) is 5.73 Å². The first-order valence-electron chi connectivity index (χ1n) is 7.10. The number of aromatic nitrogens is 3. The Morgan fingerprint density at radius 3 is 2.76 bits per heavy atom. The number of hydrogen-bond donors (Lipinski definition) is 2. The normalized spacial score (nSPS) is 11.4. The Labute approximate surface area is 124 Å². The van der Waals surface area contributed by atoms with Crippen LogP contribution in [0.4, 0.5) is 0 Å². The van der Waals surface area contributed by atoms with Crippen molar-refractivity contribution in [1.29, 1.82) is 0 Å².